The van der Waals surface area contributed by atoms with Crippen LogP contribution in [-0.4, -0.2) is 31.5 Å². The molecule has 3 rings (SSSR count). The van der Waals surface area contributed by atoms with E-state index in [1.807, 2.05) is 39.0 Å². The van der Waals surface area contributed by atoms with Gasteiger partial charge in [0.1, 0.15) is 0 Å². The van der Waals surface area contributed by atoms with Crippen LogP contribution in [0.15, 0.2) is 18.2 Å². The molecule has 2 aliphatic rings. The van der Waals surface area contributed by atoms with E-state index in [-0.39, 0.29) is 11.7 Å². The van der Waals surface area contributed by atoms with Crippen molar-refractivity contribution in [2.24, 2.45) is 0 Å². The zero-order valence-electron chi connectivity index (χ0n) is 15.3. The molecule has 0 aromatic heterocycles. The predicted octanol–water partition coefficient (Wildman–Crippen LogP) is 4.14. The summed E-state index contributed by atoms with van der Waals surface area (Å²) >= 11 is 0. The van der Waals surface area contributed by atoms with Crippen molar-refractivity contribution in [1.29, 1.82) is 0 Å². The normalized spacial score (nSPS) is 18.8. The summed E-state index contributed by atoms with van der Waals surface area (Å²) in [6.07, 6.45) is 7.12. The van der Waals surface area contributed by atoms with Gasteiger partial charge in [-0.25, -0.2) is 0 Å². The SMILES string of the molecule is C1CCC2(CC1)OCCO2.CCCNC(=O)c1c(C)cccc1C. The maximum atomic E-state index is 11.7. The molecule has 1 aromatic rings. The number of ether oxygens (including phenoxy) is 2. The van der Waals surface area contributed by atoms with Crippen LogP contribution < -0.4 is 5.32 Å². The Bertz CT molecular complexity index is 507. The lowest BCUT2D eigenvalue weighted by molar-refractivity contribution is -0.176. The first-order chi connectivity index (χ1) is 11.6. The molecule has 1 amide bonds. The number of benzene rings is 1. The summed E-state index contributed by atoms with van der Waals surface area (Å²) in [6, 6.07) is 5.91. The van der Waals surface area contributed by atoms with E-state index < -0.39 is 0 Å². The fourth-order valence-corrected chi connectivity index (χ4v) is 3.38. The van der Waals surface area contributed by atoms with Crippen molar-refractivity contribution in [3.05, 3.63) is 34.9 Å². The van der Waals surface area contributed by atoms with Gasteiger partial charge in [-0.3, -0.25) is 4.79 Å². The molecule has 0 unspecified atom stereocenters. The first kappa shape index (κ1) is 18.9. The molecule has 4 nitrogen and oxygen atoms in total. The molecular formula is C20H31NO3. The average molecular weight is 333 g/mol. The molecule has 134 valence electrons. The third-order valence-electron chi connectivity index (χ3n) is 4.67. The van der Waals surface area contributed by atoms with Gasteiger partial charge in [0.25, 0.3) is 5.91 Å². The van der Waals surface area contributed by atoms with Crippen LogP contribution in [-0.2, 0) is 9.47 Å². The van der Waals surface area contributed by atoms with Gasteiger partial charge in [0, 0.05) is 24.9 Å². The first-order valence-electron chi connectivity index (χ1n) is 9.20. The third kappa shape index (κ3) is 5.05. The van der Waals surface area contributed by atoms with Crippen molar-refractivity contribution < 1.29 is 14.3 Å². The number of hydrogen-bond donors (Lipinski definition) is 1. The highest BCUT2D eigenvalue weighted by molar-refractivity contribution is 5.96. The molecule has 0 bridgehead atoms. The van der Waals surface area contributed by atoms with E-state index >= 15 is 0 Å². The summed E-state index contributed by atoms with van der Waals surface area (Å²) in [5, 5.41) is 2.89. The molecule has 1 heterocycles. The van der Waals surface area contributed by atoms with Crippen LogP contribution in [0.2, 0.25) is 0 Å². The van der Waals surface area contributed by atoms with Gasteiger partial charge < -0.3 is 14.8 Å². The highest BCUT2D eigenvalue weighted by Gasteiger charge is 2.37. The summed E-state index contributed by atoms with van der Waals surface area (Å²) < 4.78 is 11.1. The summed E-state index contributed by atoms with van der Waals surface area (Å²) in [7, 11) is 0. The van der Waals surface area contributed by atoms with Crippen LogP contribution in [0.4, 0.5) is 0 Å². The van der Waals surface area contributed by atoms with Crippen molar-refractivity contribution in [2.75, 3.05) is 19.8 Å². The van der Waals surface area contributed by atoms with Crippen molar-refractivity contribution in [2.45, 2.75) is 65.1 Å². The van der Waals surface area contributed by atoms with E-state index in [1.165, 1.54) is 19.3 Å². The van der Waals surface area contributed by atoms with Crippen molar-refractivity contribution in [3.8, 4) is 0 Å². The first-order valence-corrected chi connectivity index (χ1v) is 9.20. The Morgan fingerprint density at radius 2 is 1.67 bits per heavy atom. The van der Waals surface area contributed by atoms with E-state index in [0.29, 0.717) is 0 Å². The lowest BCUT2D eigenvalue weighted by Gasteiger charge is -2.30. The minimum absolute atomic E-state index is 0.0439. The van der Waals surface area contributed by atoms with Gasteiger partial charge >= 0.3 is 0 Å². The monoisotopic (exact) mass is 333 g/mol. The number of carbonyl (C=O) groups is 1. The maximum absolute atomic E-state index is 11.7. The van der Waals surface area contributed by atoms with E-state index in [4.69, 9.17) is 9.47 Å². The van der Waals surface area contributed by atoms with Crippen molar-refractivity contribution >= 4 is 5.91 Å². The van der Waals surface area contributed by atoms with Crippen LogP contribution in [0.1, 0.15) is 66.9 Å². The molecule has 1 N–H and O–H groups in total. The molecule has 2 fully saturated rings. The van der Waals surface area contributed by atoms with E-state index in [1.54, 1.807) is 0 Å². The van der Waals surface area contributed by atoms with Gasteiger partial charge in [-0.1, -0.05) is 31.5 Å². The molecule has 4 heteroatoms. The van der Waals surface area contributed by atoms with E-state index in [2.05, 4.69) is 5.32 Å². The Morgan fingerprint density at radius 1 is 1.08 bits per heavy atom. The highest BCUT2D eigenvalue weighted by atomic mass is 16.7. The number of rotatable bonds is 3. The second-order valence-electron chi connectivity index (χ2n) is 6.69. The number of aryl methyl sites for hydroxylation is 2. The number of amides is 1. The topological polar surface area (TPSA) is 47.6 Å². The number of carbonyl (C=O) groups excluding carboxylic acids is 1. The summed E-state index contributed by atoms with van der Waals surface area (Å²) in [6.45, 7) is 8.33. The minimum atomic E-state index is -0.127. The third-order valence-corrected chi connectivity index (χ3v) is 4.67. The molecule has 1 aliphatic carbocycles. The van der Waals surface area contributed by atoms with E-state index in [0.717, 1.165) is 55.7 Å². The summed E-state index contributed by atoms with van der Waals surface area (Å²) in [5.74, 6) is -0.0828. The van der Waals surface area contributed by atoms with Crippen molar-refractivity contribution in [1.82, 2.24) is 5.32 Å². The fourth-order valence-electron chi connectivity index (χ4n) is 3.38. The van der Waals surface area contributed by atoms with Gasteiger partial charge in [-0.05, 0) is 44.2 Å². The van der Waals surface area contributed by atoms with Gasteiger partial charge in [-0.2, -0.15) is 0 Å². The van der Waals surface area contributed by atoms with Gasteiger partial charge in [-0.15, -0.1) is 0 Å². The molecule has 0 atom stereocenters. The van der Waals surface area contributed by atoms with Crippen LogP contribution in [0.5, 0.6) is 0 Å². The molecular weight excluding hydrogens is 302 g/mol. The Morgan fingerprint density at radius 3 is 2.21 bits per heavy atom. The summed E-state index contributed by atoms with van der Waals surface area (Å²) in [4.78, 5) is 11.7. The minimum Gasteiger partial charge on any atom is -0.352 e. The molecule has 1 aromatic carbocycles. The second kappa shape index (κ2) is 9.19. The predicted molar refractivity (Wildman–Crippen MR) is 96.3 cm³/mol. The lowest BCUT2D eigenvalue weighted by atomic mass is 9.94. The fraction of sp³-hybridized carbons (Fsp3) is 0.650. The second-order valence-corrected chi connectivity index (χ2v) is 6.69. The highest BCUT2D eigenvalue weighted by Crippen LogP contribution is 2.35. The van der Waals surface area contributed by atoms with Gasteiger partial charge in [0.2, 0.25) is 0 Å². The van der Waals surface area contributed by atoms with Crippen LogP contribution >= 0.6 is 0 Å². The molecule has 1 saturated carbocycles. The molecule has 1 spiro atoms. The standard InChI is InChI=1S/C12H17NO.C8H14O2/c1-4-8-13-12(14)11-9(2)6-5-7-10(11)3;1-2-4-8(5-3-1)9-6-7-10-8/h5-7H,4,8H2,1-3H3,(H,13,14);1-7H2. The summed E-state index contributed by atoms with van der Waals surface area (Å²) in [5.41, 5.74) is 2.90. The van der Waals surface area contributed by atoms with E-state index in [9.17, 15) is 4.79 Å². The van der Waals surface area contributed by atoms with Crippen LogP contribution in [0.25, 0.3) is 0 Å². The zero-order chi connectivity index (χ0) is 17.4. The smallest absolute Gasteiger partial charge is 0.251 e. The largest absolute Gasteiger partial charge is 0.352 e. The molecule has 1 saturated heterocycles. The van der Waals surface area contributed by atoms with Gasteiger partial charge in [0.15, 0.2) is 5.79 Å². The lowest BCUT2D eigenvalue weighted by Crippen LogP contribution is -2.32. The Balaban J connectivity index is 0.000000182. The van der Waals surface area contributed by atoms with Crippen LogP contribution in [0, 0.1) is 13.8 Å². The van der Waals surface area contributed by atoms with Crippen LogP contribution in [0.3, 0.4) is 0 Å². The zero-order valence-corrected chi connectivity index (χ0v) is 15.3. The Kier molecular flexibility index (Phi) is 7.25. The average Bonchev–Trinajstić information content (AvgIpc) is 3.02. The Hall–Kier alpha value is -1.39. The van der Waals surface area contributed by atoms with Crippen molar-refractivity contribution in [3.63, 3.8) is 0 Å². The maximum Gasteiger partial charge on any atom is 0.251 e. The van der Waals surface area contributed by atoms with Gasteiger partial charge in [0.05, 0.1) is 13.2 Å². The Labute approximate surface area is 145 Å². The number of hydrogen-bond acceptors (Lipinski definition) is 3. The molecule has 0 radical (unpaired) electrons. The molecule has 1 aliphatic heterocycles. The number of nitrogens with one attached hydrogen (secondary N) is 1. The quantitative estimate of drug-likeness (QED) is 0.904. The molecule has 24 heavy (non-hydrogen) atoms.